The Labute approximate surface area is 378 Å². The molecule has 0 saturated carbocycles. The van der Waals surface area contributed by atoms with E-state index in [-0.39, 0.29) is 101 Å². The normalized spacial score (nSPS) is 11.5. The van der Waals surface area contributed by atoms with Gasteiger partial charge in [0.1, 0.15) is 11.6 Å². The average Bonchev–Trinajstić information content (AvgIpc) is 3.25. The van der Waals surface area contributed by atoms with Gasteiger partial charge < -0.3 is 59.2 Å². The van der Waals surface area contributed by atoms with Crippen molar-refractivity contribution in [1.82, 2.24) is 21.3 Å². The predicted molar refractivity (Wildman–Crippen MR) is 236 cm³/mol. The van der Waals surface area contributed by atoms with Crippen molar-refractivity contribution < 1.29 is 61.9 Å². The van der Waals surface area contributed by atoms with E-state index in [1.165, 1.54) is 0 Å². The van der Waals surface area contributed by atoms with E-state index in [9.17, 15) is 24.0 Å². The summed E-state index contributed by atoms with van der Waals surface area (Å²) >= 11 is 0. The fourth-order valence-electron chi connectivity index (χ4n) is 5.27. The van der Waals surface area contributed by atoms with Gasteiger partial charge in [0.05, 0.1) is 85.7 Å². The number of unbranched alkanes of at least 4 members (excludes halogenated alkanes) is 4. The van der Waals surface area contributed by atoms with Crippen LogP contribution in [0.25, 0.3) is 20.9 Å². The number of nitrogens with one attached hydrogen (secondary N) is 4. The Hall–Kier alpha value is -4.31. The fourth-order valence-corrected chi connectivity index (χ4v) is 5.27. The molecular formula is C41H76N10O13. The van der Waals surface area contributed by atoms with Crippen molar-refractivity contribution in [3.8, 4) is 0 Å². The lowest BCUT2D eigenvalue weighted by Gasteiger charge is -2.19. The fraction of sp³-hybridized carbons (Fsp3) is 0.878. The van der Waals surface area contributed by atoms with Crippen LogP contribution in [0.4, 0.5) is 0 Å². The summed E-state index contributed by atoms with van der Waals surface area (Å²) in [6, 6.07) is -0.768. The van der Waals surface area contributed by atoms with Crippen molar-refractivity contribution >= 4 is 29.6 Å². The SMILES string of the molecule is CC(C)(C)OC(=O)CCOCCCCCOCCOCCNC(=O)[C@H](CCCCCNC(=O)CCOCCOCCN=[N+]=[N-])NC(=O)CCCNC(=O)CCOCCOCCN=[N+]=[N-]. The third kappa shape index (κ3) is 44.3. The molecule has 0 bridgehead atoms. The molecule has 0 spiro atoms. The number of amides is 4. The highest BCUT2D eigenvalue weighted by Gasteiger charge is 2.20. The van der Waals surface area contributed by atoms with E-state index in [2.05, 4.69) is 41.3 Å². The van der Waals surface area contributed by atoms with E-state index in [4.69, 9.17) is 49.0 Å². The number of rotatable bonds is 45. The molecule has 4 amide bonds. The first-order chi connectivity index (χ1) is 31.0. The van der Waals surface area contributed by atoms with Gasteiger partial charge >= 0.3 is 5.97 Å². The Morgan fingerprint density at radius 1 is 0.484 bits per heavy atom. The monoisotopic (exact) mass is 917 g/mol. The standard InChI is InChI=1S/C41H76N10O13/c1-41(2,3)64-39(55)15-25-57-21-8-5-9-22-58-29-32-61-26-18-46-40(56)35(11-6-4-7-16-44-36(52)13-23-59-30-33-62-27-19-47-50-42)49-38(54)12-10-17-45-37(53)14-24-60-31-34-63-28-20-48-51-43/h35H,4-34H2,1-3H3,(H,44,52)(H,45,53)(H,46,56)(H,49,54)/t35-/m0/s1. The number of hydrogen-bond donors (Lipinski definition) is 4. The van der Waals surface area contributed by atoms with Crippen LogP contribution in [0.15, 0.2) is 10.2 Å². The molecule has 0 radical (unpaired) electrons. The van der Waals surface area contributed by atoms with Gasteiger partial charge in [-0.05, 0) is 70.4 Å². The van der Waals surface area contributed by atoms with Crippen LogP contribution in [0, 0.1) is 0 Å². The molecule has 23 heteroatoms. The van der Waals surface area contributed by atoms with Crippen LogP contribution in [0.1, 0.15) is 97.8 Å². The number of esters is 1. The summed E-state index contributed by atoms with van der Waals surface area (Å²) in [5, 5.41) is 18.0. The molecule has 0 aliphatic carbocycles. The van der Waals surface area contributed by atoms with Crippen LogP contribution in [-0.4, -0.2) is 166 Å². The average molecular weight is 917 g/mol. The number of hydrogen-bond acceptors (Lipinski definition) is 15. The molecule has 4 N–H and O–H groups in total. The summed E-state index contributed by atoms with van der Waals surface area (Å²) in [6.07, 6.45) is 6.18. The molecule has 1 atom stereocenters. The predicted octanol–water partition coefficient (Wildman–Crippen LogP) is 3.58. The highest BCUT2D eigenvalue weighted by Crippen LogP contribution is 2.09. The summed E-state index contributed by atoms with van der Waals surface area (Å²) in [7, 11) is 0. The van der Waals surface area contributed by atoms with Crippen LogP contribution >= 0.6 is 0 Å². The van der Waals surface area contributed by atoms with E-state index in [0.29, 0.717) is 105 Å². The molecule has 0 saturated heterocycles. The molecule has 23 nitrogen and oxygen atoms in total. The van der Waals surface area contributed by atoms with Crippen LogP contribution in [0.3, 0.4) is 0 Å². The largest absolute Gasteiger partial charge is 0.460 e. The second-order valence-electron chi connectivity index (χ2n) is 15.2. The van der Waals surface area contributed by atoms with E-state index < -0.39 is 11.6 Å². The third-order valence-electron chi connectivity index (χ3n) is 8.40. The van der Waals surface area contributed by atoms with E-state index in [0.717, 1.165) is 25.7 Å². The van der Waals surface area contributed by atoms with Crippen molar-refractivity contribution in [1.29, 1.82) is 0 Å². The maximum Gasteiger partial charge on any atom is 0.308 e. The van der Waals surface area contributed by atoms with Gasteiger partial charge in [0.25, 0.3) is 0 Å². The maximum absolute atomic E-state index is 13.1. The Kier molecular flexibility index (Phi) is 41.0. The molecule has 0 aromatic carbocycles. The summed E-state index contributed by atoms with van der Waals surface area (Å²) in [5.74, 6) is -1.26. The summed E-state index contributed by atoms with van der Waals surface area (Å²) in [4.78, 5) is 67.2. The molecule has 0 aromatic heterocycles. The van der Waals surface area contributed by atoms with Gasteiger partial charge in [-0.15, -0.1) is 0 Å². The first kappa shape index (κ1) is 59.7. The lowest BCUT2D eigenvalue weighted by atomic mass is 10.1. The van der Waals surface area contributed by atoms with Crippen molar-refractivity contribution in [3.05, 3.63) is 20.9 Å². The Morgan fingerprint density at radius 2 is 0.953 bits per heavy atom. The van der Waals surface area contributed by atoms with Gasteiger partial charge in [-0.1, -0.05) is 23.1 Å². The smallest absolute Gasteiger partial charge is 0.308 e. The second kappa shape index (κ2) is 43.9. The molecule has 0 unspecified atom stereocenters. The van der Waals surface area contributed by atoms with Crippen LogP contribution in [0.5, 0.6) is 0 Å². The molecular weight excluding hydrogens is 841 g/mol. The van der Waals surface area contributed by atoms with E-state index in [1.807, 2.05) is 20.8 Å². The summed E-state index contributed by atoms with van der Waals surface area (Å²) < 4.78 is 43.2. The zero-order valence-corrected chi connectivity index (χ0v) is 38.5. The molecule has 0 rings (SSSR count). The Bertz CT molecular complexity index is 1330. The van der Waals surface area contributed by atoms with Crippen molar-refractivity contribution in [2.45, 2.75) is 109 Å². The van der Waals surface area contributed by atoms with Gasteiger partial charge in [0.2, 0.25) is 23.6 Å². The van der Waals surface area contributed by atoms with Gasteiger partial charge in [0, 0.05) is 75.0 Å². The van der Waals surface area contributed by atoms with Crippen LogP contribution < -0.4 is 21.3 Å². The second-order valence-corrected chi connectivity index (χ2v) is 15.2. The zero-order valence-electron chi connectivity index (χ0n) is 38.5. The highest BCUT2D eigenvalue weighted by molar-refractivity contribution is 5.87. The molecule has 0 fully saturated rings. The zero-order chi connectivity index (χ0) is 47.2. The molecule has 64 heavy (non-hydrogen) atoms. The maximum atomic E-state index is 13.1. The lowest BCUT2D eigenvalue weighted by molar-refractivity contribution is -0.156. The first-order valence-electron chi connectivity index (χ1n) is 22.4. The number of ether oxygens (including phenoxy) is 8. The minimum absolute atomic E-state index is 0.112. The van der Waals surface area contributed by atoms with Gasteiger partial charge in [-0.3, -0.25) is 24.0 Å². The number of carbonyl (C=O) groups excluding carboxylic acids is 5. The molecule has 0 heterocycles. The van der Waals surface area contributed by atoms with Gasteiger partial charge in [0.15, 0.2) is 0 Å². The molecule has 0 aromatic rings. The van der Waals surface area contributed by atoms with Crippen LogP contribution in [-0.2, 0) is 61.9 Å². The van der Waals surface area contributed by atoms with Crippen molar-refractivity contribution in [3.63, 3.8) is 0 Å². The Balaban J connectivity index is 4.41. The number of carbonyl (C=O) groups is 5. The van der Waals surface area contributed by atoms with Gasteiger partial charge in [-0.25, -0.2) is 0 Å². The van der Waals surface area contributed by atoms with Gasteiger partial charge in [-0.2, -0.15) is 0 Å². The molecule has 368 valence electrons. The van der Waals surface area contributed by atoms with Crippen LogP contribution in [0.2, 0.25) is 0 Å². The Morgan fingerprint density at radius 3 is 1.50 bits per heavy atom. The molecule has 0 aliphatic rings. The summed E-state index contributed by atoms with van der Waals surface area (Å²) in [6.45, 7) is 11.9. The molecule has 0 aliphatic heterocycles. The quantitative estimate of drug-likeness (QED) is 0.0224. The number of nitrogens with zero attached hydrogens (tertiary/aromatic N) is 6. The van der Waals surface area contributed by atoms with E-state index in [1.54, 1.807) is 0 Å². The van der Waals surface area contributed by atoms with E-state index >= 15 is 0 Å². The third-order valence-corrected chi connectivity index (χ3v) is 8.40. The topological polar surface area (TPSA) is 305 Å². The minimum atomic E-state index is -0.768. The highest BCUT2D eigenvalue weighted by atomic mass is 16.6. The lowest BCUT2D eigenvalue weighted by Crippen LogP contribution is -2.47. The van der Waals surface area contributed by atoms with Crippen molar-refractivity contribution in [2.75, 3.05) is 125 Å². The van der Waals surface area contributed by atoms with Crippen molar-refractivity contribution in [2.24, 2.45) is 10.2 Å². The first-order valence-corrected chi connectivity index (χ1v) is 22.4. The number of azide groups is 2. The minimum Gasteiger partial charge on any atom is -0.460 e. The summed E-state index contributed by atoms with van der Waals surface area (Å²) in [5.41, 5.74) is 16.0.